The molecule has 0 unspecified atom stereocenters. The van der Waals surface area contributed by atoms with Crippen molar-refractivity contribution in [2.24, 2.45) is 0 Å². The van der Waals surface area contributed by atoms with Crippen molar-refractivity contribution in [3.05, 3.63) is 108 Å². The van der Waals surface area contributed by atoms with Gasteiger partial charge in [0, 0.05) is 6.42 Å². The highest BCUT2D eigenvalue weighted by atomic mass is 16.4. The van der Waals surface area contributed by atoms with Crippen LogP contribution in [0, 0.1) is 0 Å². The zero-order chi connectivity index (χ0) is 19.6. The van der Waals surface area contributed by atoms with Gasteiger partial charge in [-0.2, -0.15) is 0 Å². The Labute approximate surface area is 164 Å². The summed E-state index contributed by atoms with van der Waals surface area (Å²) in [6.07, 6.45) is 0.0174. The number of benzene rings is 3. The topological polar surface area (TPSA) is 57.6 Å². The molecular formula is C24H21NO3. The number of nitrogens with zero attached hydrogens (tertiary/aromatic N) is 1. The number of carbonyl (C=O) groups is 2. The van der Waals surface area contributed by atoms with Crippen LogP contribution in [0.3, 0.4) is 0 Å². The quantitative estimate of drug-likeness (QED) is 0.695. The predicted molar refractivity (Wildman–Crippen MR) is 107 cm³/mol. The molecule has 1 fully saturated rings. The van der Waals surface area contributed by atoms with Crippen molar-refractivity contribution in [3.63, 3.8) is 0 Å². The smallest absolute Gasteiger partial charge is 0.321 e. The molecule has 3 aromatic carbocycles. The molecule has 1 heterocycles. The summed E-state index contributed by atoms with van der Waals surface area (Å²) in [5.41, 5.74) is 1.94. The average Bonchev–Trinajstić information content (AvgIpc) is 3.13. The van der Waals surface area contributed by atoms with Crippen molar-refractivity contribution in [1.82, 2.24) is 4.90 Å². The van der Waals surface area contributed by atoms with E-state index in [1.54, 1.807) is 0 Å². The third-order valence-electron chi connectivity index (χ3n) is 5.43. The summed E-state index contributed by atoms with van der Waals surface area (Å²) in [5, 5.41) is 9.91. The molecule has 1 aliphatic heterocycles. The highest BCUT2D eigenvalue weighted by molar-refractivity contribution is 5.91. The van der Waals surface area contributed by atoms with E-state index in [2.05, 4.69) is 0 Å². The number of ketones is 1. The second-order valence-corrected chi connectivity index (χ2v) is 7.03. The molecule has 28 heavy (non-hydrogen) atoms. The van der Waals surface area contributed by atoms with Gasteiger partial charge in [0.15, 0.2) is 0 Å². The SMILES string of the molecule is O=C1C[C@@H](C(=O)O)N(C(c2ccccc2)(c2ccccc2)c2ccccc2)C1. The van der Waals surface area contributed by atoms with Crippen LogP contribution in [0.4, 0.5) is 0 Å². The predicted octanol–water partition coefficient (Wildman–Crippen LogP) is 3.71. The molecule has 1 aliphatic rings. The van der Waals surface area contributed by atoms with Crippen LogP contribution in [0.15, 0.2) is 91.0 Å². The highest BCUT2D eigenvalue weighted by Crippen LogP contribution is 2.45. The molecular weight excluding hydrogens is 350 g/mol. The second kappa shape index (κ2) is 7.41. The van der Waals surface area contributed by atoms with Crippen LogP contribution >= 0.6 is 0 Å². The van der Waals surface area contributed by atoms with E-state index in [-0.39, 0.29) is 18.7 Å². The summed E-state index contributed by atoms with van der Waals surface area (Å²) in [7, 11) is 0. The largest absolute Gasteiger partial charge is 0.480 e. The number of carbonyl (C=O) groups excluding carboxylic acids is 1. The molecule has 4 rings (SSSR count). The Morgan fingerprint density at radius 2 is 1.18 bits per heavy atom. The summed E-state index contributed by atoms with van der Waals surface area (Å²) >= 11 is 0. The summed E-state index contributed by atoms with van der Waals surface area (Å²) in [4.78, 5) is 26.4. The third kappa shape index (κ3) is 2.92. The lowest BCUT2D eigenvalue weighted by Gasteiger charge is -2.45. The second-order valence-electron chi connectivity index (χ2n) is 7.03. The van der Waals surface area contributed by atoms with E-state index in [4.69, 9.17) is 0 Å². The van der Waals surface area contributed by atoms with Gasteiger partial charge in [0.1, 0.15) is 11.8 Å². The molecule has 0 aromatic heterocycles. The van der Waals surface area contributed by atoms with Gasteiger partial charge in [-0.1, -0.05) is 91.0 Å². The standard InChI is InChI=1S/C24H21NO3/c26-21-16-22(23(27)28)25(17-21)24(18-10-4-1-5-11-18,19-12-6-2-7-13-19)20-14-8-3-9-15-20/h1-15,22H,16-17H2,(H,27,28)/t22-/m0/s1. The minimum absolute atomic E-state index is 0.0174. The number of likely N-dealkylation sites (tertiary alicyclic amines) is 1. The molecule has 4 nitrogen and oxygen atoms in total. The van der Waals surface area contributed by atoms with E-state index in [0.717, 1.165) is 16.7 Å². The highest BCUT2D eigenvalue weighted by Gasteiger charge is 2.51. The maximum absolute atomic E-state index is 12.4. The summed E-state index contributed by atoms with van der Waals surface area (Å²) in [5.74, 6) is -1.03. The fourth-order valence-electron chi connectivity index (χ4n) is 4.30. The van der Waals surface area contributed by atoms with E-state index < -0.39 is 17.6 Å². The lowest BCUT2D eigenvalue weighted by molar-refractivity contribution is -0.143. The first-order valence-electron chi connectivity index (χ1n) is 9.32. The molecule has 0 radical (unpaired) electrons. The third-order valence-corrected chi connectivity index (χ3v) is 5.43. The molecule has 0 aliphatic carbocycles. The van der Waals surface area contributed by atoms with Crippen molar-refractivity contribution in [2.45, 2.75) is 18.0 Å². The van der Waals surface area contributed by atoms with Gasteiger partial charge >= 0.3 is 5.97 Å². The van der Waals surface area contributed by atoms with Crippen LogP contribution in [0.1, 0.15) is 23.1 Å². The average molecular weight is 371 g/mol. The van der Waals surface area contributed by atoms with Gasteiger partial charge in [-0.15, -0.1) is 0 Å². The normalized spacial score (nSPS) is 17.6. The molecule has 1 atom stereocenters. The zero-order valence-electron chi connectivity index (χ0n) is 15.4. The van der Waals surface area contributed by atoms with Crippen LogP contribution in [-0.4, -0.2) is 34.3 Å². The van der Waals surface area contributed by atoms with Gasteiger partial charge in [-0.3, -0.25) is 14.5 Å². The number of hydrogen-bond donors (Lipinski definition) is 1. The van der Waals surface area contributed by atoms with E-state index in [0.29, 0.717) is 0 Å². The van der Waals surface area contributed by atoms with Crippen molar-refractivity contribution in [2.75, 3.05) is 6.54 Å². The maximum Gasteiger partial charge on any atom is 0.321 e. The van der Waals surface area contributed by atoms with Gasteiger partial charge in [0.05, 0.1) is 12.1 Å². The Balaban J connectivity index is 2.07. The van der Waals surface area contributed by atoms with Gasteiger partial charge in [0.25, 0.3) is 0 Å². The molecule has 0 amide bonds. The molecule has 0 spiro atoms. The van der Waals surface area contributed by atoms with Crippen molar-refractivity contribution in [3.8, 4) is 0 Å². The summed E-state index contributed by atoms with van der Waals surface area (Å²) in [6, 6.07) is 28.6. The van der Waals surface area contributed by atoms with E-state index >= 15 is 0 Å². The first-order valence-corrected chi connectivity index (χ1v) is 9.32. The van der Waals surface area contributed by atoms with Crippen LogP contribution in [0.2, 0.25) is 0 Å². The van der Waals surface area contributed by atoms with Gasteiger partial charge in [-0.25, -0.2) is 0 Å². The van der Waals surface area contributed by atoms with E-state index in [9.17, 15) is 14.7 Å². The van der Waals surface area contributed by atoms with Crippen LogP contribution in [0.5, 0.6) is 0 Å². The van der Waals surface area contributed by atoms with Crippen molar-refractivity contribution >= 4 is 11.8 Å². The number of hydrogen-bond acceptors (Lipinski definition) is 3. The molecule has 0 bridgehead atoms. The Morgan fingerprint density at radius 3 is 1.54 bits per heavy atom. The monoisotopic (exact) mass is 371 g/mol. The molecule has 140 valence electrons. The number of Topliss-reactive ketones (excluding diaryl/α,β-unsaturated/α-hetero) is 1. The molecule has 1 saturated heterocycles. The van der Waals surface area contributed by atoms with Gasteiger partial charge < -0.3 is 5.11 Å². The van der Waals surface area contributed by atoms with Gasteiger partial charge in [-0.05, 0) is 16.7 Å². The van der Waals surface area contributed by atoms with Crippen molar-refractivity contribution in [1.29, 1.82) is 0 Å². The fraction of sp³-hybridized carbons (Fsp3) is 0.167. The minimum atomic E-state index is -0.974. The Bertz CT molecular complexity index is 874. The van der Waals surface area contributed by atoms with Crippen LogP contribution in [-0.2, 0) is 15.1 Å². The van der Waals surface area contributed by atoms with E-state index in [1.165, 1.54) is 0 Å². The van der Waals surface area contributed by atoms with Crippen LogP contribution in [0.25, 0.3) is 0 Å². The van der Waals surface area contributed by atoms with Crippen LogP contribution < -0.4 is 0 Å². The number of carboxylic acids is 1. The number of carboxylic acid groups (broad SMARTS) is 1. The zero-order valence-corrected chi connectivity index (χ0v) is 15.4. The maximum atomic E-state index is 12.4. The minimum Gasteiger partial charge on any atom is -0.480 e. The first kappa shape index (κ1) is 18.1. The van der Waals surface area contributed by atoms with E-state index in [1.807, 2.05) is 95.9 Å². The fourth-order valence-corrected chi connectivity index (χ4v) is 4.30. The lowest BCUT2D eigenvalue weighted by Crippen LogP contribution is -2.52. The Morgan fingerprint density at radius 1 is 0.786 bits per heavy atom. The molecule has 1 N–H and O–H groups in total. The van der Waals surface area contributed by atoms with Crippen molar-refractivity contribution < 1.29 is 14.7 Å². The lowest BCUT2D eigenvalue weighted by atomic mass is 9.75. The number of aliphatic carboxylic acids is 1. The number of rotatable bonds is 5. The summed E-state index contributed by atoms with van der Waals surface area (Å²) in [6.45, 7) is 0.0929. The summed E-state index contributed by atoms with van der Waals surface area (Å²) < 4.78 is 0. The Kier molecular flexibility index (Phi) is 4.80. The van der Waals surface area contributed by atoms with Gasteiger partial charge in [0.2, 0.25) is 0 Å². The Hall–Kier alpha value is -3.24. The molecule has 0 saturated carbocycles. The molecule has 3 aromatic rings. The first-order chi connectivity index (χ1) is 13.6. The molecule has 4 heteroatoms.